The van der Waals surface area contributed by atoms with E-state index in [-0.39, 0.29) is 27.4 Å². The molecular formula is C23H36N2O2S. The van der Waals surface area contributed by atoms with Crippen molar-refractivity contribution in [2.24, 2.45) is 29.1 Å². The third-order valence-corrected chi connectivity index (χ3v) is 10.3. The maximum absolute atomic E-state index is 13.6. The summed E-state index contributed by atoms with van der Waals surface area (Å²) in [7, 11) is 0. The van der Waals surface area contributed by atoms with Crippen molar-refractivity contribution in [2.75, 3.05) is 0 Å². The maximum atomic E-state index is 13.6. The lowest BCUT2D eigenvalue weighted by molar-refractivity contribution is -0.159. The van der Waals surface area contributed by atoms with E-state index in [4.69, 9.17) is 0 Å². The van der Waals surface area contributed by atoms with Gasteiger partial charge in [0.2, 0.25) is 5.91 Å². The number of nitrogens with one attached hydrogen (secondary N) is 1. The van der Waals surface area contributed by atoms with Crippen LogP contribution in [0.2, 0.25) is 0 Å². The number of thioether (sulfide) groups is 1. The molecule has 0 aromatic heterocycles. The number of amides is 2. The first kappa shape index (κ1) is 19.3. The van der Waals surface area contributed by atoms with E-state index in [9.17, 15) is 9.59 Å². The van der Waals surface area contributed by atoms with Crippen LogP contribution in [0.4, 0.5) is 0 Å². The van der Waals surface area contributed by atoms with Gasteiger partial charge in [0.05, 0.1) is 10.7 Å². The summed E-state index contributed by atoms with van der Waals surface area (Å²) in [5.41, 5.74) is 3.06. The minimum atomic E-state index is -0.196. The molecule has 4 nitrogen and oxygen atoms in total. The quantitative estimate of drug-likeness (QED) is 0.726. The van der Waals surface area contributed by atoms with Crippen LogP contribution in [0.15, 0.2) is 0 Å². The minimum absolute atomic E-state index is 0.0422. The van der Waals surface area contributed by atoms with E-state index in [1.165, 1.54) is 44.9 Å². The van der Waals surface area contributed by atoms with Gasteiger partial charge in [0.25, 0.3) is 5.91 Å². The van der Waals surface area contributed by atoms with Crippen molar-refractivity contribution < 1.29 is 9.59 Å². The Bertz CT molecular complexity index is 620. The molecule has 1 aliphatic heterocycles. The molecule has 1 N–H and O–H groups in total. The Morgan fingerprint density at radius 2 is 1.68 bits per heavy atom. The molecule has 5 saturated carbocycles. The number of carbonyl (C=O) groups is 2. The number of hydrogen-bond acceptors (Lipinski definition) is 3. The second-order valence-corrected chi connectivity index (χ2v) is 12.5. The first-order valence-electron chi connectivity index (χ1n) is 11.8. The number of nitrogens with zero attached hydrogens (tertiary/aromatic N) is 1. The number of hydrazine groups is 1. The van der Waals surface area contributed by atoms with Gasteiger partial charge in [-0.3, -0.25) is 15.0 Å². The molecule has 4 bridgehead atoms. The first-order valence-corrected chi connectivity index (χ1v) is 12.6. The fourth-order valence-corrected chi connectivity index (χ4v) is 9.32. The molecule has 0 aromatic rings. The second-order valence-electron chi connectivity index (χ2n) is 10.8. The molecule has 0 radical (unpaired) electrons. The van der Waals surface area contributed by atoms with Crippen LogP contribution in [0.5, 0.6) is 0 Å². The molecule has 1 heterocycles. The van der Waals surface area contributed by atoms with Gasteiger partial charge >= 0.3 is 0 Å². The van der Waals surface area contributed by atoms with E-state index < -0.39 is 0 Å². The minimum Gasteiger partial charge on any atom is -0.273 e. The fraction of sp³-hybridized carbons (Fsp3) is 0.913. The average molecular weight is 405 g/mol. The molecule has 0 aromatic carbocycles. The first-order chi connectivity index (χ1) is 13.4. The Kier molecular flexibility index (Phi) is 4.76. The largest absolute Gasteiger partial charge is 0.273 e. The molecule has 1 saturated heterocycles. The number of carbonyl (C=O) groups excluding carboxylic acids is 2. The predicted molar refractivity (Wildman–Crippen MR) is 112 cm³/mol. The van der Waals surface area contributed by atoms with E-state index in [1.807, 2.05) is 11.9 Å². The predicted octanol–water partition coefficient (Wildman–Crippen LogP) is 4.88. The Hall–Kier alpha value is -0.710. The summed E-state index contributed by atoms with van der Waals surface area (Å²) < 4.78 is 0. The van der Waals surface area contributed by atoms with Crippen molar-refractivity contribution >= 4 is 23.6 Å². The van der Waals surface area contributed by atoms with Gasteiger partial charge in [0.15, 0.2) is 0 Å². The van der Waals surface area contributed by atoms with Crippen LogP contribution in [-0.2, 0) is 9.59 Å². The van der Waals surface area contributed by atoms with E-state index in [0.717, 1.165) is 55.8 Å². The molecule has 28 heavy (non-hydrogen) atoms. The van der Waals surface area contributed by atoms with Gasteiger partial charge in [-0.15, -0.1) is 11.8 Å². The second kappa shape index (κ2) is 6.92. The van der Waals surface area contributed by atoms with Crippen molar-refractivity contribution in [3.63, 3.8) is 0 Å². The fourth-order valence-electron chi connectivity index (χ4n) is 7.75. The summed E-state index contributed by atoms with van der Waals surface area (Å²) >= 11 is 1.81. The molecule has 6 rings (SSSR count). The highest BCUT2D eigenvalue weighted by Crippen LogP contribution is 2.60. The van der Waals surface area contributed by atoms with Crippen molar-refractivity contribution in [3.05, 3.63) is 0 Å². The monoisotopic (exact) mass is 404 g/mol. The molecule has 2 amide bonds. The van der Waals surface area contributed by atoms with Gasteiger partial charge in [-0.25, -0.2) is 5.01 Å². The van der Waals surface area contributed by atoms with Crippen LogP contribution in [0.3, 0.4) is 0 Å². The van der Waals surface area contributed by atoms with E-state index in [2.05, 4.69) is 12.3 Å². The third-order valence-electron chi connectivity index (χ3n) is 8.69. The van der Waals surface area contributed by atoms with Crippen molar-refractivity contribution in [3.8, 4) is 0 Å². The summed E-state index contributed by atoms with van der Waals surface area (Å²) in [6, 6.07) is 0. The van der Waals surface area contributed by atoms with Gasteiger partial charge in [0.1, 0.15) is 4.87 Å². The Labute approximate surface area is 173 Å². The van der Waals surface area contributed by atoms with Crippen molar-refractivity contribution in [1.82, 2.24) is 10.4 Å². The zero-order valence-electron chi connectivity index (χ0n) is 17.5. The molecule has 6 aliphatic rings. The Morgan fingerprint density at radius 3 is 2.21 bits per heavy atom. The molecule has 1 unspecified atom stereocenters. The summed E-state index contributed by atoms with van der Waals surface area (Å²) in [6.45, 7) is 4.28. The molecule has 1 spiro atoms. The van der Waals surface area contributed by atoms with Crippen LogP contribution in [-0.4, -0.2) is 26.9 Å². The lowest BCUT2D eigenvalue weighted by Gasteiger charge is -2.56. The summed E-state index contributed by atoms with van der Waals surface area (Å²) in [5, 5.41) is 1.78. The van der Waals surface area contributed by atoms with Gasteiger partial charge in [-0.1, -0.05) is 19.8 Å². The standard InChI is InChI=1S/C23H36N2O2S/c1-3-4-16-5-7-23(8-6-16)25(20(26)15(2)28-23)24-21(27)22-12-17-9-18(13-22)11-19(10-17)14-22/h15-19H,3-14H2,1-2H3,(H,24,27). The lowest BCUT2D eigenvalue weighted by atomic mass is 9.49. The molecule has 5 heteroatoms. The molecule has 156 valence electrons. The van der Waals surface area contributed by atoms with Crippen LogP contribution in [0, 0.1) is 29.1 Å². The molecular weight excluding hydrogens is 368 g/mol. The third kappa shape index (κ3) is 3.02. The number of rotatable bonds is 4. The smallest absolute Gasteiger partial charge is 0.255 e. The lowest BCUT2D eigenvalue weighted by Crippen LogP contribution is -2.61. The van der Waals surface area contributed by atoms with Crippen molar-refractivity contribution in [2.45, 2.75) is 101 Å². The average Bonchev–Trinajstić information content (AvgIpc) is 2.87. The highest BCUT2D eigenvalue weighted by Gasteiger charge is 2.57. The maximum Gasteiger partial charge on any atom is 0.255 e. The van der Waals surface area contributed by atoms with E-state index in [0.29, 0.717) is 0 Å². The van der Waals surface area contributed by atoms with E-state index >= 15 is 0 Å². The van der Waals surface area contributed by atoms with Crippen LogP contribution in [0.25, 0.3) is 0 Å². The van der Waals surface area contributed by atoms with Gasteiger partial charge in [0, 0.05) is 0 Å². The molecule has 5 aliphatic carbocycles. The topological polar surface area (TPSA) is 49.4 Å². The highest BCUT2D eigenvalue weighted by atomic mass is 32.2. The SMILES string of the molecule is CCCC1CCC2(CC1)SC(C)C(=O)N2NC(=O)C12CC3CC(CC(C3)C1)C2. The van der Waals surface area contributed by atoms with Crippen LogP contribution >= 0.6 is 11.8 Å². The van der Waals surface area contributed by atoms with Gasteiger partial charge in [-0.05, 0) is 94.8 Å². The molecule has 6 fully saturated rings. The van der Waals surface area contributed by atoms with E-state index in [1.54, 1.807) is 11.8 Å². The Morgan fingerprint density at radius 1 is 1.11 bits per heavy atom. The van der Waals surface area contributed by atoms with Crippen LogP contribution < -0.4 is 5.43 Å². The summed E-state index contributed by atoms with van der Waals surface area (Å²) in [6.07, 6.45) is 14.1. The normalized spacial score (nSPS) is 47.1. The Balaban J connectivity index is 1.33. The number of hydrogen-bond donors (Lipinski definition) is 1. The highest BCUT2D eigenvalue weighted by molar-refractivity contribution is 8.02. The van der Waals surface area contributed by atoms with Crippen LogP contribution in [0.1, 0.15) is 90.9 Å². The molecule has 1 atom stereocenters. The van der Waals surface area contributed by atoms with Gasteiger partial charge < -0.3 is 0 Å². The zero-order chi connectivity index (χ0) is 19.5. The van der Waals surface area contributed by atoms with Crippen molar-refractivity contribution in [1.29, 1.82) is 0 Å². The summed E-state index contributed by atoms with van der Waals surface area (Å²) in [4.78, 5) is 26.4. The summed E-state index contributed by atoms with van der Waals surface area (Å²) in [5.74, 6) is 3.33. The zero-order valence-corrected chi connectivity index (χ0v) is 18.4. The van der Waals surface area contributed by atoms with Gasteiger partial charge in [-0.2, -0.15) is 0 Å².